The predicted octanol–water partition coefficient (Wildman–Crippen LogP) is 3.36. The molecule has 0 unspecified atom stereocenters. The van der Waals surface area contributed by atoms with Crippen LogP contribution in [0.2, 0.25) is 0 Å². The second kappa shape index (κ2) is 5.97. The van der Waals surface area contributed by atoms with E-state index < -0.39 is 5.97 Å². The summed E-state index contributed by atoms with van der Waals surface area (Å²) in [5.41, 5.74) is 1.97. The average Bonchev–Trinajstić information content (AvgIpc) is 2.55. The minimum atomic E-state index is -0.424. The number of carbonyl (C=O) groups is 1. The van der Waals surface area contributed by atoms with Gasteiger partial charge in [-0.25, -0.2) is 4.79 Å². The molecule has 0 amide bonds. The number of fused-ring (bicyclic) bond motifs is 3. The lowest BCUT2D eigenvalue weighted by Crippen LogP contribution is -2.09. The SMILES string of the molecule is CCOC(=O)c1cnc2c(ccc3ncccc32)c1OCC. The highest BCUT2D eigenvalue weighted by molar-refractivity contribution is 6.09. The highest BCUT2D eigenvalue weighted by atomic mass is 16.5. The van der Waals surface area contributed by atoms with E-state index >= 15 is 0 Å². The van der Waals surface area contributed by atoms with Gasteiger partial charge in [-0.15, -0.1) is 0 Å². The lowest BCUT2D eigenvalue weighted by Gasteiger charge is -2.13. The highest BCUT2D eigenvalue weighted by Crippen LogP contribution is 2.32. The number of hydrogen-bond acceptors (Lipinski definition) is 5. The van der Waals surface area contributed by atoms with E-state index in [-0.39, 0.29) is 0 Å². The minimum absolute atomic E-state index is 0.310. The van der Waals surface area contributed by atoms with Gasteiger partial charge in [0, 0.05) is 23.2 Å². The van der Waals surface area contributed by atoms with Crippen LogP contribution in [0.3, 0.4) is 0 Å². The number of carbonyl (C=O) groups excluding carboxylic acids is 1. The lowest BCUT2D eigenvalue weighted by molar-refractivity contribution is 0.0522. The van der Waals surface area contributed by atoms with Gasteiger partial charge in [-0.1, -0.05) is 0 Å². The van der Waals surface area contributed by atoms with Gasteiger partial charge in [0.1, 0.15) is 11.3 Å². The summed E-state index contributed by atoms with van der Waals surface area (Å²) in [6, 6.07) is 7.60. The molecule has 2 heterocycles. The van der Waals surface area contributed by atoms with Crippen molar-refractivity contribution in [2.24, 2.45) is 0 Å². The van der Waals surface area contributed by atoms with E-state index in [0.717, 1.165) is 21.8 Å². The van der Waals surface area contributed by atoms with Crippen LogP contribution in [-0.2, 0) is 4.74 Å². The van der Waals surface area contributed by atoms with Crippen LogP contribution in [0.4, 0.5) is 0 Å². The Bertz CT molecular complexity index is 846. The van der Waals surface area contributed by atoms with Crippen LogP contribution in [-0.4, -0.2) is 29.2 Å². The molecule has 0 aliphatic heterocycles. The van der Waals surface area contributed by atoms with Crippen molar-refractivity contribution in [3.05, 3.63) is 42.2 Å². The smallest absolute Gasteiger partial charge is 0.343 e. The fourth-order valence-corrected chi connectivity index (χ4v) is 2.45. The van der Waals surface area contributed by atoms with Crippen molar-refractivity contribution in [2.75, 3.05) is 13.2 Å². The molecule has 0 saturated carbocycles. The summed E-state index contributed by atoms with van der Waals surface area (Å²) in [5.74, 6) is 0.0864. The maximum Gasteiger partial charge on any atom is 0.343 e. The molecular formula is C17H16N2O3. The number of esters is 1. The topological polar surface area (TPSA) is 61.3 Å². The maximum absolute atomic E-state index is 12.1. The number of hydrogen-bond donors (Lipinski definition) is 0. The molecule has 0 N–H and O–H groups in total. The van der Waals surface area contributed by atoms with Gasteiger partial charge in [-0.3, -0.25) is 9.97 Å². The van der Waals surface area contributed by atoms with Gasteiger partial charge in [0.05, 0.1) is 24.2 Å². The third-order valence-corrected chi connectivity index (χ3v) is 3.35. The summed E-state index contributed by atoms with van der Waals surface area (Å²) in [6.07, 6.45) is 3.25. The number of rotatable bonds is 4. The molecule has 22 heavy (non-hydrogen) atoms. The summed E-state index contributed by atoms with van der Waals surface area (Å²) in [6.45, 7) is 4.41. The predicted molar refractivity (Wildman–Crippen MR) is 84.2 cm³/mol. The van der Waals surface area contributed by atoms with Crippen LogP contribution >= 0.6 is 0 Å². The van der Waals surface area contributed by atoms with Gasteiger partial charge in [0.2, 0.25) is 0 Å². The van der Waals surface area contributed by atoms with E-state index in [4.69, 9.17) is 9.47 Å². The Balaban J connectivity index is 2.30. The minimum Gasteiger partial charge on any atom is -0.492 e. The summed E-state index contributed by atoms with van der Waals surface area (Å²) in [4.78, 5) is 20.8. The Morgan fingerprint density at radius 1 is 1.09 bits per heavy atom. The number of benzene rings is 1. The third-order valence-electron chi connectivity index (χ3n) is 3.35. The average molecular weight is 296 g/mol. The van der Waals surface area contributed by atoms with Crippen LogP contribution in [0.25, 0.3) is 21.8 Å². The Labute approximate surface area is 127 Å². The van der Waals surface area contributed by atoms with E-state index in [2.05, 4.69) is 9.97 Å². The molecule has 3 rings (SSSR count). The quantitative estimate of drug-likeness (QED) is 0.545. The Morgan fingerprint density at radius 2 is 1.95 bits per heavy atom. The number of pyridine rings is 2. The van der Waals surface area contributed by atoms with E-state index in [9.17, 15) is 4.79 Å². The van der Waals surface area contributed by atoms with Crippen LogP contribution in [0.5, 0.6) is 5.75 Å². The molecule has 0 atom stereocenters. The molecule has 3 aromatic rings. The Morgan fingerprint density at radius 3 is 2.73 bits per heavy atom. The van der Waals surface area contributed by atoms with Gasteiger partial charge in [0.25, 0.3) is 0 Å². The Hall–Kier alpha value is -2.69. The first-order valence-electron chi connectivity index (χ1n) is 7.22. The standard InChI is InChI=1S/C17H16N2O3/c1-3-21-16-12-7-8-14-11(6-5-9-18-14)15(12)19-10-13(16)17(20)22-4-2/h5-10H,3-4H2,1-2H3. The van der Waals surface area contributed by atoms with Crippen molar-refractivity contribution < 1.29 is 14.3 Å². The fraction of sp³-hybridized carbons (Fsp3) is 0.235. The molecular weight excluding hydrogens is 280 g/mol. The molecule has 0 aliphatic carbocycles. The second-order valence-corrected chi connectivity index (χ2v) is 4.69. The zero-order chi connectivity index (χ0) is 15.5. The van der Waals surface area contributed by atoms with Crippen molar-refractivity contribution in [3.8, 4) is 5.75 Å². The molecule has 2 aromatic heterocycles. The molecule has 0 bridgehead atoms. The molecule has 112 valence electrons. The van der Waals surface area contributed by atoms with Gasteiger partial charge in [0.15, 0.2) is 0 Å². The van der Waals surface area contributed by atoms with Gasteiger partial charge >= 0.3 is 5.97 Å². The van der Waals surface area contributed by atoms with E-state index in [1.807, 2.05) is 31.2 Å². The molecule has 0 spiro atoms. The van der Waals surface area contributed by atoms with Gasteiger partial charge < -0.3 is 9.47 Å². The van der Waals surface area contributed by atoms with Crippen molar-refractivity contribution in [3.63, 3.8) is 0 Å². The zero-order valence-electron chi connectivity index (χ0n) is 12.5. The first-order chi connectivity index (χ1) is 10.8. The van der Waals surface area contributed by atoms with Crippen LogP contribution < -0.4 is 4.74 Å². The van der Waals surface area contributed by atoms with E-state index in [1.165, 1.54) is 6.20 Å². The molecule has 1 aromatic carbocycles. The number of ether oxygens (including phenoxy) is 2. The van der Waals surface area contributed by atoms with Crippen LogP contribution in [0.15, 0.2) is 36.7 Å². The summed E-state index contributed by atoms with van der Waals surface area (Å²) in [7, 11) is 0. The molecule has 0 aliphatic rings. The van der Waals surface area contributed by atoms with E-state index in [1.54, 1.807) is 13.1 Å². The summed E-state index contributed by atoms with van der Waals surface area (Å²) < 4.78 is 10.8. The normalized spacial score (nSPS) is 10.8. The van der Waals surface area contributed by atoms with E-state index in [0.29, 0.717) is 24.5 Å². The molecule has 0 fully saturated rings. The Kier molecular flexibility index (Phi) is 3.87. The number of aromatic nitrogens is 2. The first kappa shape index (κ1) is 14.3. The fourth-order valence-electron chi connectivity index (χ4n) is 2.45. The molecule has 5 heteroatoms. The molecule has 0 radical (unpaired) electrons. The molecule has 5 nitrogen and oxygen atoms in total. The summed E-state index contributed by atoms with van der Waals surface area (Å²) >= 11 is 0. The van der Waals surface area contributed by atoms with Gasteiger partial charge in [-0.05, 0) is 38.1 Å². The maximum atomic E-state index is 12.1. The van der Waals surface area contributed by atoms with Crippen LogP contribution in [0, 0.1) is 0 Å². The van der Waals surface area contributed by atoms with Gasteiger partial charge in [-0.2, -0.15) is 0 Å². The largest absolute Gasteiger partial charge is 0.492 e. The third kappa shape index (κ3) is 2.35. The number of nitrogens with zero attached hydrogens (tertiary/aromatic N) is 2. The lowest BCUT2D eigenvalue weighted by atomic mass is 10.1. The van der Waals surface area contributed by atoms with Crippen molar-refractivity contribution in [1.82, 2.24) is 9.97 Å². The molecule has 0 saturated heterocycles. The zero-order valence-corrected chi connectivity index (χ0v) is 12.5. The van der Waals surface area contributed by atoms with Crippen molar-refractivity contribution >= 4 is 27.8 Å². The van der Waals surface area contributed by atoms with Crippen molar-refractivity contribution in [2.45, 2.75) is 13.8 Å². The monoisotopic (exact) mass is 296 g/mol. The van der Waals surface area contributed by atoms with Crippen molar-refractivity contribution in [1.29, 1.82) is 0 Å². The first-order valence-corrected chi connectivity index (χ1v) is 7.22. The second-order valence-electron chi connectivity index (χ2n) is 4.69. The summed E-state index contributed by atoms with van der Waals surface area (Å²) in [5, 5.41) is 1.71. The van der Waals surface area contributed by atoms with Crippen LogP contribution in [0.1, 0.15) is 24.2 Å². The highest BCUT2D eigenvalue weighted by Gasteiger charge is 2.18.